The Hall–Kier alpha value is -0.280. The highest BCUT2D eigenvalue weighted by molar-refractivity contribution is 6.42. The first-order chi connectivity index (χ1) is 7.04. The summed E-state index contributed by atoms with van der Waals surface area (Å²) in [5.74, 6) is 0.287. The lowest BCUT2D eigenvalue weighted by atomic mass is 9.98. The molecule has 1 rings (SSSR count). The molecule has 0 aliphatic carbocycles. The second-order valence-corrected chi connectivity index (χ2v) is 4.58. The first-order valence-corrected chi connectivity index (χ1v) is 5.63. The largest absolute Gasteiger partial charge is 0.388 e. The number of nitrogens with two attached hydrogens (primary N) is 1. The molecule has 15 heavy (non-hydrogen) atoms. The molecule has 2 nitrogen and oxygen atoms in total. The van der Waals surface area contributed by atoms with Gasteiger partial charge in [-0.3, -0.25) is 0 Å². The highest BCUT2D eigenvalue weighted by Crippen LogP contribution is 2.28. The molecule has 3 N–H and O–H groups in total. The third-order valence-electron chi connectivity index (χ3n) is 2.36. The molecule has 0 aliphatic rings. The molecule has 2 unspecified atom stereocenters. The zero-order chi connectivity index (χ0) is 11.4. The normalized spacial score (nSPS) is 15.0. The summed E-state index contributed by atoms with van der Waals surface area (Å²) in [7, 11) is 0. The first kappa shape index (κ1) is 12.8. The number of hydrogen-bond acceptors (Lipinski definition) is 2. The van der Waals surface area contributed by atoms with Crippen LogP contribution in [0.1, 0.15) is 25.0 Å². The summed E-state index contributed by atoms with van der Waals surface area (Å²) >= 11 is 11.6. The van der Waals surface area contributed by atoms with Crippen LogP contribution in [0.2, 0.25) is 10.0 Å². The van der Waals surface area contributed by atoms with Crippen molar-refractivity contribution in [3.63, 3.8) is 0 Å². The van der Waals surface area contributed by atoms with E-state index in [4.69, 9.17) is 28.9 Å². The molecule has 0 saturated carbocycles. The van der Waals surface area contributed by atoms with E-state index in [1.165, 1.54) is 0 Å². The summed E-state index contributed by atoms with van der Waals surface area (Å²) in [6.07, 6.45) is 0.104. The van der Waals surface area contributed by atoms with Crippen molar-refractivity contribution < 1.29 is 5.11 Å². The molecule has 0 saturated heterocycles. The van der Waals surface area contributed by atoms with Crippen LogP contribution in [0.4, 0.5) is 0 Å². The standard InChI is InChI=1S/C11H15Cl2NO/c1-7(6-14)4-11(15)8-2-3-9(12)10(13)5-8/h2-3,5,7,11,15H,4,6,14H2,1H3. The maximum Gasteiger partial charge on any atom is 0.0793 e. The second-order valence-electron chi connectivity index (χ2n) is 3.77. The molecule has 1 aromatic carbocycles. The highest BCUT2D eigenvalue weighted by Gasteiger charge is 2.12. The predicted molar refractivity (Wildman–Crippen MR) is 64.3 cm³/mol. The van der Waals surface area contributed by atoms with E-state index < -0.39 is 6.10 Å². The van der Waals surface area contributed by atoms with E-state index in [2.05, 4.69) is 0 Å². The lowest BCUT2D eigenvalue weighted by molar-refractivity contribution is 0.149. The molecule has 0 bridgehead atoms. The van der Waals surface area contributed by atoms with Gasteiger partial charge in [0.1, 0.15) is 0 Å². The number of aliphatic hydroxyl groups is 1. The predicted octanol–water partition coefficient (Wildman–Crippen LogP) is 3.01. The Balaban J connectivity index is 2.73. The van der Waals surface area contributed by atoms with Crippen molar-refractivity contribution in [2.24, 2.45) is 11.7 Å². The minimum absolute atomic E-state index is 0.287. The monoisotopic (exact) mass is 247 g/mol. The van der Waals surface area contributed by atoms with Gasteiger partial charge in [0.25, 0.3) is 0 Å². The Kier molecular flexibility index (Phi) is 4.87. The Labute approximate surface area is 100.0 Å². The van der Waals surface area contributed by atoms with Gasteiger partial charge in [0.15, 0.2) is 0 Å². The smallest absolute Gasteiger partial charge is 0.0793 e. The number of benzene rings is 1. The van der Waals surface area contributed by atoms with Gasteiger partial charge in [0, 0.05) is 0 Å². The van der Waals surface area contributed by atoms with Gasteiger partial charge in [-0.2, -0.15) is 0 Å². The topological polar surface area (TPSA) is 46.2 Å². The molecular weight excluding hydrogens is 233 g/mol. The van der Waals surface area contributed by atoms with Gasteiger partial charge in [-0.15, -0.1) is 0 Å². The maximum absolute atomic E-state index is 9.88. The fraction of sp³-hybridized carbons (Fsp3) is 0.455. The van der Waals surface area contributed by atoms with Crippen molar-refractivity contribution >= 4 is 23.2 Å². The molecular formula is C11H15Cl2NO. The van der Waals surface area contributed by atoms with Gasteiger partial charge < -0.3 is 10.8 Å². The molecule has 0 spiro atoms. The van der Waals surface area contributed by atoms with Crippen LogP contribution >= 0.6 is 23.2 Å². The van der Waals surface area contributed by atoms with Gasteiger partial charge in [0.05, 0.1) is 16.1 Å². The van der Waals surface area contributed by atoms with Crippen LogP contribution in [0, 0.1) is 5.92 Å². The maximum atomic E-state index is 9.88. The average Bonchev–Trinajstić information content (AvgIpc) is 2.21. The minimum Gasteiger partial charge on any atom is -0.388 e. The third-order valence-corrected chi connectivity index (χ3v) is 3.10. The molecule has 0 amide bonds. The van der Waals surface area contributed by atoms with Crippen molar-refractivity contribution in [2.45, 2.75) is 19.4 Å². The van der Waals surface area contributed by atoms with E-state index in [1.54, 1.807) is 18.2 Å². The molecule has 1 aromatic rings. The third kappa shape index (κ3) is 3.65. The van der Waals surface area contributed by atoms with Crippen molar-refractivity contribution in [1.82, 2.24) is 0 Å². The SMILES string of the molecule is CC(CN)CC(O)c1ccc(Cl)c(Cl)c1. The number of halogens is 2. The van der Waals surface area contributed by atoms with E-state index in [-0.39, 0.29) is 5.92 Å². The number of aliphatic hydroxyl groups excluding tert-OH is 1. The minimum atomic E-state index is -0.529. The molecule has 0 aliphatic heterocycles. The Morgan fingerprint density at radius 3 is 2.53 bits per heavy atom. The summed E-state index contributed by atoms with van der Waals surface area (Å²) in [6.45, 7) is 2.57. The molecule has 0 radical (unpaired) electrons. The van der Waals surface area contributed by atoms with E-state index in [1.807, 2.05) is 6.92 Å². The molecule has 4 heteroatoms. The number of hydrogen-bond donors (Lipinski definition) is 2. The fourth-order valence-corrected chi connectivity index (χ4v) is 1.64. The summed E-state index contributed by atoms with van der Waals surface area (Å²) in [6, 6.07) is 5.16. The Morgan fingerprint density at radius 2 is 2.00 bits per heavy atom. The van der Waals surface area contributed by atoms with Crippen LogP contribution in [0.25, 0.3) is 0 Å². The van der Waals surface area contributed by atoms with Crippen LogP contribution in [-0.2, 0) is 0 Å². The molecule has 0 fully saturated rings. The van der Waals surface area contributed by atoms with Crippen LogP contribution in [0.3, 0.4) is 0 Å². The zero-order valence-electron chi connectivity index (χ0n) is 8.58. The average molecular weight is 248 g/mol. The molecule has 0 heterocycles. The van der Waals surface area contributed by atoms with Crippen molar-refractivity contribution in [3.8, 4) is 0 Å². The van der Waals surface area contributed by atoms with Gasteiger partial charge in [0.2, 0.25) is 0 Å². The van der Waals surface area contributed by atoms with Crippen LogP contribution < -0.4 is 5.73 Å². The van der Waals surface area contributed by atoms with Crippen LogP contribution in [-0.4, -0.2) is 11.7 Å². The van der Waals surface area contributed by atoms with E-state index in [9.17, 15) is 5.11 Å². The van der Waals surface area contributed by atoms with Crippen molar-refractivity contribution in [3.05, 3.63) is 33.8 Å². The summed E-state index contributed by atoms with van der Waals surface area (Å²) in [5, 5.41) is 10.8. The van der Waals surface area contributed by atoms with E-state index in [0.29, 0.717) is 23.0 Å². The quantitative estimate of drug-likeness (QED) is 0.860. The fourth-order valence-electron chi connectivity index (χ4n) is 1.33. The van der Waals surface area contributed by atoms with Gasteiger partial charge in [-0.25, -0.2) is 0 Å². The van der Waals surface area contributed by atoms with Crippen LogP contribution in [0.15, 0.2) is 18.2 Å². The lowest BCUT2D eigenvalue weighted by Gasteiger charge is -2.15. The second kappa shape index (κ2) is 5.71. The molecule has 84 valence electrons. The van der Waals surface area contributed by atoms with Gasteiger partial charge in [-0.05, 0) is 36.6 Å². The van der Waals surface area contributed by atoms with Crippen LogP contribution in [0.5, 0.6) is 0 Å². The lowest BCUT2D eigenvalue weighted by Crippen LogP contribution is -2.14. The van der Waals surface area contributed by atoms with E-state index in [0.717, 1.165) is 5.56 Å². The molecule has 2 atom stereocenters. The van der Waals surface area contributed by atoms with Gasteiger partial charge in [-0.1, -0.05) is 36.2 Å². The summed E-state index contributed by atoms with van der Waals surface area (Å²) in [5.41, 5.74) is 6.28. The highest BCUT2D eigenvalue weighted by atomic mass is 35.5. The summed E-state index contributed by atoms with van der Waals surface area (Å²) < 4.78 is 0. The van der Waals surface area contributed by atoms with Crippen molar-refractivity contribution in [2.75, 3.05) is 6.54 Å². The number of rotatable bonds is 4. The van der Waals surface area contributed by atoms with Gasteiger partial charge >= 0.3 is 0 Å². The Morgan fingerprint density at radius 1 is 1.33 bits per heavy atom. The van der Waals surface area contributed by atoms with Crippen molar-refractivity contribution in [1.29, 1.82) is 0 Å². The Bertz CT molecular complexity index is 330. The molecule has 0 aromatic heterocycles. The summed E-state index contributed by atoms with van der Waals surface area (Å²) in [4.78, 5) is 0. The zero-order valence-corrected chi connectivity index (χ0v) is 10.1. The van der Waals surface area contributed by atoms with E-state index >= 15 is 0 Å². The first-order valence-electron chi connectivity index (χ1n) is 4.87.